The Hall–Kier alpha value is -0.940. The molecule has 2 aromatic rings. The third-order valence-corrected chi connectivity index (χ3v) is 2.18. The van der Waals surface area contributed by atoms with Crippen molar-refractivity contribution < 1.29 is 0 Å². The Morgan fingerprint density at radius 3 is 3.40 bits per heavy atom. The van der Waals surface area contributed by atoms with Crippen LogP contribution in [0.25, 0.3) is 4.96 Å². The maximum absolute atomic E-state index is 5.44. The quantitative estimate of drug-likeness (QED) is 0.640. The molecule has 2 heterocycles. The normalized spacial score (nSPS) is 10.9. The van der Waals surface area contributed by atoms with Gasteiger partial charge >= 0.3 is 0 Å². The van der Waals surface area contributed by atoms with Crippen molar-refractivity contribution in [1.82, 2.24) is 14.6 Å². The first kappa shape index (κ1) is 5.82. The lowest BCUT2D eigenvalue weighted by Crippen LogP contribution is -2.00. The third-order valence-electron chi connectivity index (χ3n) is 1.30. The molecule has 0 saturated carbocycles. The van der Waals surface area contributed by atoms with Crippen LogP contribution in [0, 0.1) is 0 Å². The van der Waals surface area contributed by atoms with E-state index < -0.39 is 0 Å². The van der Waals surface area contributed by atoms with Crippen molar-refractivity contribution in [1.29, 1.82) is 0 Å². The number of aromatic nitrogens is 3. The summed E-state index contributed by atoms with van der Waals surface area (Å²) in [6, 6.07) is 0. The summed E-state index contributed by atoms with van der Waals surface area (Å²) >= 11 is 1.55. The van der Waals surface area contributed by atoms with Crippen LogP contribution in [0.4, 0.5) is 0 Å². The van der Waals surface area contributed by atoms with E-state index >= 15 is 0 Å². The van der Waals surface area contributed by atoms with Gasteiger partial charge in [-0.3, -0.25) is 0 Å². The van der Waals surface area contributed by atoms with Gasteiger partial charge in [-0.1, -0.05) is 0 Å². The average molecular weight is 154 g/mol. The van der Waals surface area contributed by atoms with Gasteiger partial charge in [0.1, 0.15) is 6.33 Å². The minimum atomic E-state index is 0.517. The molecular formula is C5H6N4S. The van der Waals surface area contributed by atoms with Gasteiger partial charge < -0.3 is 5.73 Å². The zero-order chi connectivity index (χ0) is 6.97. The first-order valence-electron chi connectivity index (χ1n) is 2.88. The number of nitrogens with zero attached hydrogens (tertiary/aromatic N) is 3. The van der Waals surface area contributed by atoms with Gasteiger partial charge in [0, 0.05) is 11.9 Å². The molecule has 4 nitrogen and oxygen atoms in total. The molecule has 0 saturated heterocycles. The third kappa shape index (κ3) is 0.644. The summed E-state index contributed by atoms with van der Waals surface area (Å²) in [4.78, 5) is 4.91. The fourth-order valence-corrected chi connectivity index (χ4v) is 1.62. The Bertz CT molecular complexity index is 336. The van der Waals surface area contributed by atoms with Gasteiger partial charge in [-0.15, -0.1) is 11.3 Å². The minimum absolute atomic E-state index is 0.517. The van der Waals surface area contributed by atoms with Crippen molar-refractivity contribution in [3.8, 4) is 0 Å². The van der Waals surface area contributed by atoms with Crippen LogP contribution >= 0.6 is 11.3 Å². The predicted octanol–water partition coefficient (Wildman–Crippen LogP) is 0.249. The number of hydrogen-bond donors (Lipinski definition) is 1. The number of nitrogens with two attached hydrogens (primary N) is 1. The molecule has 0 amide bonds. The lowest BCUT2D eigenvalue weighted by atomic mass is 10.5. The highest BCUT2D eigenvalue weighted by Crippen LogP contribution is 2.11. The summed E-state index contributed by atoms with van der Waals surface area (Å²) in [5.41, 5.74) is 6.45. The van der Waals surface area contributed by atoms with E-state index in [2.05, 4.69) is 10.1 Å². The lowest BCUT2D eigenvalue weighted by Gasteiger charge is -1.87. The maximum Gasteiger partial charge on any atom is 0.212 e. The summed E-state index contributed by atoms with van der Waals surface area (Å²) in [5.74, 6) is 0. The van der Waals surface area contributed by atoms with E-state index in [1.165, 1.54) is 6.33 Å². The number of rotatable bonds is 1. The fraction of sp³-hybridized carbons (Fsp3) is 0.200. The Balaban J connectivity index is 2.76. The zero-order valence-corrected chi connectivity index (χ0v) is 6.01. The first-order valence-corrected chi connectivity index (χ1v) is 3.76. The van der Waals surface area contributed by atoms with Crippen LogP contribution in [-0.4, -0.2) is 14.6 Å². The van der Waals surface area contributed by atoms with E-state index in [0.717, 1.165) is 10.7 Å². The summed E-state index contributed by atoms with van der Waals surface area (Å²) < 4.78 is 1.75. The van der Waals surface area contributed by atoms with Gasteiger partial charge in [-0.25, -0.2) is 9.50 Å². The largest absolute Gasteiger partial charge is 0.325 e. The molecule has 0 fully saturated rings. The highest BCUT2D eigenvalue weighted by atomic mass is 32.1. The minimum Gasteiger partial charge on any atom is -0.325 e. The summed E-state index contributed by atoms with van der Waals surface area (Å²) in [5, 5.41) is 5.95. The van der Waals surface area contributed by atoms with Crippen molar-refractivity contribution in [2.45, 2.75) is 6.54 Å². The molecule has 10 heavy (non-hydrogen) atoms. The van der Waals surface area contributed by atoms with Crippen LogP contribution in [0.15, 0.2) is 11.7 Å². The first-order chi connectivity index (χ1) is 4.92. The highest BCUT2D eigenvalue weighted by Gasteiger charge is 2.01. The van der Waals surface area contributed by atoms with E-state index in [1.54, 1.807) is 15.9 Å². The molecule has 0 bridgehead atoms. The highest BCUT2D eigenvalue weighted by molar-refractivity contribution is 7.15. The van der Waals surface area contributed by atoms with Crippen LogP contribution in [0.2, 0.25) is 0 Å². The fourth-order valence-electron chi connectivity index (χ4n) is 0.814. The summed E-state index contributed by atoms with van der Waals surface area (Å²) in [7, 11) is 0. The SMILES string of the molecule is NCc1csc2ncnn12. The molecule has 0 unspecified atom stereocenters. The molecule has 0 atom stereocenters. The molecule has 0 aliphatic rings. The van der Waals surface area contributed by atoms with Gasteiger partial charge in [0.05, 0.1) is 5.69 Å². The molecule has 2 rings (SSSR count). The molecule has 52 valence electrons. The van der Waals surface area contributed by atoms with Crippen molar-refractivity contribution >= 4 is 16.3 Å². The number of thiazole rings is 1. The van der Waals surface area contributed by atoms with E-state index in [0.29, 0.717) is 6.54 Å². The van der Waals surface area contributed by atoms with Gasteiger partial charge in [-0.2, -0.15) is 5.10 Å². The van der Waals surface area contributed by atoms with Crippen LogP contribution in [-0.2, 0) is 6.54 Å². The molecule has 0 aliphatic carbocycles. The van der Waals surface area contributed by atoms with E-state index in [-0.39, 0.29) is 0 Å². The Labute approximate surface area is 61.3 Å². The summed E-state index contributed by atoms with van der Waals surface area (Å²) in [6.07, 6.45) is 1.53. The number of hydrogen-bond acceptors (Lipinski definition) is 4. The Kier molecular flexibility index (Phi) is 1.18. The van der Waals surface area contributed by atoms with Crippen LogP contribution in [0.3, 0.4) is 0 Å². The monoisotopic (exact) mass is 154 g/mol. The van der Waals surface area contributed by atoms with Crippen LogP contribution in [0.5, 0.6) is 0 Å². The average Bonchev–Trinajstić information content (AvgIpc) is 2.44. The van der Waals surface area contributed by atoms with E-state index in [9.17, 15) is 0 Å². The second-order valence-electron chi connectivity index (χ2n) is 1.89. The van der Waals surface area contributed by atoms with Crippen LogP contribution in [0.1, 0.15) is 5.69 Å². The Morgan fingerprint density at radius 2 is 2.60 bits per heavy atom. The van der Waals surface area contributed by atoms with Crippen molar-refractivity contribution in [2.75, 3.05) is 0 Å². The molecule has 0 radical (unpaired) electrons. The van der Waals surface area contributed by atoms with Crippen LogP contribution < -0.4 is 5.73 Å². The smallest absolute Gasteiger partial charge is 0.212 e. The van der Waals surface area contributed by atoms with Gasteiger partial charge in [0.2, 0.25) is 4.96 Å². The topological polar surface area (TPSA) is 56.2 Å². The molecule has 0 spiro atoms. The molecule has 0 aromatic carbocycles. The van der Waals surface area contributed by atoms with E-state index in [4.69, 9.17) is 5.73 Å². The van der Waals surface area contributed by atoms with Crippen molar-refractivity contribution in [3.63, 3.8) is 0 Å². The van der Waals surface area contributed by atoms with Gasteiger partial charge in [0.25, 0.3) is 0 Å². The van der Waals surface area contributed by atoms with Crippen molar-refractivity contribution in [2.24, 2.45) is 5.73 Å². The molecule has 5 heteroatoms. The molecular weight excluding hydrogens is 148 g/mol. The van der Waals surface area contributed by atoms with Gasteiger partial charge in [0.15, 0.2) is 0 Å². The number of fused-ring (bicyclic) bond motifs is 1. The maximum atomic E-state index is 5.44. The molecule has 2 N–H and O–H groups in total. The Morgan fingerprint density at radius 1 is 1.70 bits per heavy atom. The second-order valence-corrected chi connectivity index (χ2v) is 2.72. The predicted molar refractivity (Wildman–Crippen MR) is 38.8 cm³/mol. The van der Waals surface area contributed by atoms with E-state index in [1.807, 2.05) is 5.38 Å². The lowest BCUT2D eigenvalue weighted by molar-refractivity contribution is 0.865. The molecule has 2 aromatic heterocycles. The van der Waals surface area contributed by atoms with Gasteiger partial charge in [-0.05, 0) is 0 Å². The van der Waals surface area contributed by atoms with Crippen molar-refractivity contribution in [3.05, 3.63) is 17.4 Å². The molecule has 0 aliphatic heterocycles. The second kappa shape index (κ2) is 2.03. The zero-order valence-electron chi connectivity index (χ0n) is 5.19. The standard InChI is InChI=1S/C5H6N4S/c6-1-4-2-10-5-7-3-8-9(4)5/h2-3H,1,6H2. The summed E-state index contributed by atoms with van der Waals surface area (Å²) in [6.45, 7) is 0.517.